The smallest absolute Gasteiger partial charge is 0.251 e. The monoisotopic (exact) mass is 511 g/mol. The number of primary amides is 1. The molecule has 1 amide bonds. The third kappa shape index (κ3) is 5.89. The number of amides is 1. The van der Waals surface area contributed by atoms with Crippen LogP contribution in [0.5, 0.6) is 0 Å². The summed E-state index contributed by atoms with van der Waals surface area (Å²) in [6, 6.07) is 11.8. The third-order valence-electron chi connectivity index (χ3n) is 5.94. The number of nitrogens with two attached hydrogens (primary N) is 1. The van der Waals surface area contributed by atoms with Crippen LogP contribution in [0.1, 0.15) is 48.8 Å². The summed E-state index contributed by atoms with van der Waals surface area (Å²) in [5.41, 5.74) is 7.26. The zero-order valence-corrected chi connectivity index (χ0v) is 21.5. The van der Waals surface area contributed by atoms with Crippen LogP contribution in [-0.2, 0) is 16.9 Å². The normalized spacial score (nSPS) is 15.8. The van der Waals surface area contributed by atoms with Crippen molar-refractivity contribution in [3.05, 3.63) is 65.1 Å². The molecule has 190 valence electrons. The second-order valence-electron chi connectivity index (χ2n) is 9.39. The quantitative estimate of drug-likeness (QED) is 0.387. The fourth-order valence-electron chi connectivity index (χ4n) is 3.97. The number of aliphatic hydroxyl groups is 1. The summed E-state index contributed by atoms with van der Waals surface area (Å²) >= 11 is 1.20. The number of nitrogens with zero attached hydrogens (tertiary/aromatic N) is 3. The molecule has 0 bridgehead atoms. The number of thiophene rings is 1. The average molecular weight is 512 g/mol. The lowest BCUT2D eigenvalue weighted by molar-refractivity contribution is 0.0683. The van der Waals surface area contributed by atoms with Gasteiger partial charge in [0.25, 0.3) is 5.91 Å². The van der Waals surface area contributed by atoms with Gasteiger partial charge in [0.2, 0.25) is 0 Å². The number of hydrogen-bond acceptors (Lipinski definition) is 8. The summed E-state index contributed by atoms with van der Waals surface area (Å²) in [4.78, 5) is 17.2. The molecule has 4 N–H and O–H groups in total. The topological polar surface area (TPSA) is 113 Å². The van der Waals surface area contributed by atoms with Crippen molar-refractivity contribution in [3.8, 4) is 10.4 Å². The fraction of sp³-hybridized carbons (Fsp3) is 0.346. The SMILES string of the molecule is CC1=NN(C)C(COCc2cccc(Nc3sc(-c4ccc(C(C)(C)O)cc4F)cc3C(N)=O)n2)C1. The summed E-state index contributed by atoms with van der Waals surface area (Å²) in [5.74, 6) is -0.613. The Morgan fingerprint density at radius 1 is 1.33 bits per heavy atom. The van der Waals surface area contributed by atoms with Crippen molar-refractivity contribution in [1.82, 2.24) is 9.99 Å². The highest BCUT2D eigenvalue weighted by molar-refractivity contribution is 7.19. The van der Waals surface area contributed by atoms with Gasteiger partial charge in [0.15, 0.2) is 0 Å². The van der Waals surface area contributed by atoms with E-state index in [1.54, 1.807) is 38.1 Å². The van der Waals surface area contributed by atoms with Gasteiger partial charge in [0.1, 0.15) is 16.6 Å². The minimum Gasteiger partial charge on any atom is -0.386 e. The van der Waals surface area contributed by atoms with Gasteiger partial charge < -0.3 is 20.9 Å². The number of aromatic nitrogens is 1. The molecule has 4 rings (SSSR count). The van der Waals surface area contributed by atoms with Gasteiger partial charge >= 0.3 is 0 Å². The molecule has 0 fully saturated rings. The first kappa shape index (κ1) is 25.7. The van der Waals surface area contributed by atoms with Crippen LogP contribution in [0.4, 0.5) is 15.2 Å². The van der Waals surface area contributed by atoms with Gasteiger partial charge in [-0.25, -0.2) is 9.37 Å². The minimum atomic E-state index is -1.17. The number of ether oxygens (including phenoxy) is 1. The maximum Gasteiger partial charge on any atom is 0.251 e. The second kappa shape index (κ2) is 10.3. The van der Waals surface area contributed by atoms with E-state index in [-0.39, 0.29) is 11.6 Å². The zero-order chi connectivity index (χ0) is 26.0. The summed E-state index contributed by atoms with van der Waals surface area (Å²) in [5, 5.41) is 20.1. The van der Waals surface area contributed by atoms with Crippen molar-refractivity contribution >= 4 is 33.8 Å². The Hall–Kier alpha value is -3.34. The fourth-order valence-corrected chi connectivity index (χ4v) is 5.07. The number of anilines is 2. The number of rotatable bonds is 9. The van der Waals surface area contributed by atoms with Crippen molar-refractivity contribution in [1.29, 1.82) is 0 Å². The van der Waals surface area contributed by atoms with Crippen LogP contribution in [0.15, 0.2) is 47.6 Å². The Balaban J connectivity index is 1.49. The molecule has 1 atom stereocenters. The van der Waals surface area contributed by atoms with Crippen LogP contribution in [0.2, 0.25) is 0 Å². The first-order valence-corrected chi connectivity index (χ1v) is 12.4. The second-order valence-corrected chi connectivity index (χ2v) is 10.4. The molecule has 1 aliphatic heterocycles. The van der Waals surface area contributed by atoms with Crippen LogP contribution in [0.3, 0.4) is 0 Å². The predicted octanol–water partition coefficient (Wildman–Crippen LogP) is 4.62. The third-order valence-corrected chi connectivity index (χ3v) is 7.02. The zero-order valence-electron chi connectivity index (χ0n) is 20.7. The summed E-state index contributed by atoms with van der Waals surface area (Å²) in [7, 11) is 1.94. The van der Waals surface area contributed by atoms with E-state index in [0.29, 0.717) is 40.0 Å². The van der Waals surface area contributed by atoms with Crippen LogP contribution in [0, 0.1) is 5.82 Å². The van der Waals surface area contributed by atoms with Crippen molar-refractivity contribution in [2.24, 2.45) is 10.8 Å². The van der Waals surface area contributed by atoms with Crippen molar-refractivity contribution < 1.29 is 19.0 Å². The van der Waals surface area contributed by atoms with Crippen molar-refractivity contribution in [3.63, 3.8) is 0 Å². The number of benzene rings is 1. The van der Waals surface area contributed by atoms with E-state index < -0.39 is 17.3 Å². The maximum atomic E-state index is 14.9. The lowest BCUT2D eigenvalue weighted by Gasteiger charge is -2.18. The van der Waals surface area contributed by atoms with Crippen LogP contribution in [0.25, 0.3) is 10.4 Å². The van der Waals surface area contributed by atoms with E-state index in [4.69, 9.17) is 10.5 Å². The molecule has 1 aliphatic rings. The highest BCUT2D eigenvalue weighted by Gasteiger charge is 2.22. The number of halogens is 1. The average Bonchev–Trinajstić information content (AvgIpc) is 3.35. The molecule has 1 aromatic carbocycles. The predicted molar refractivity (Wildman–Crippen MR) is 140 cm³/mol. The first-order chi connectivity index (χ1) is 17.0. The van der Waals surface area contributed by atoms with Gasteiger partial charge in [-0.3, -0.25) is 9.80 Å². The van der Waals surface area contributed by atoms with Crippen LogP contribution >= 0.6 is 11.3 Å². The van der Waals surface area contributed by atoms with E-state index in [1.165, 1.54) is 17.4 Å². The Labute approximate surface area is 213 Å². The van der Waals surface area contributed by atoms with Gasteiger partial charge in [0, 0.05) is 29.6 Å². The number of hydrogen-bond donors (Lipinski definition) is 3. The molecular weight excluding hydrogens is 481 g/mol. The van der Waals surface area contributed by atoms with Crippen molar-refractivity contribution in [2.75, 3.05) is 19.0 Å². The number of likely N-dealkylation sites (N-methyl/N-ethyl adjacent to an activating group) is 1. The molecule has 0 saturated carbocycles. The van der Waals surface area contributed by atoms with Gasteiger partial charge in [0.05, 0.1) is 36.1 Å². The molecule has 8 nitrogen and oxygen atoms in total. The molecule has 0 saturated heterocycles. The molecule has 1 unspecified atom stereocenters. The minimum absolute atomic E-state index is 0.215. The van der Waals surface area contributed by atoms with E-state index in [2.05, 4.69) is 15.4 Å². The van der Waals surface area contributed by atoms with Crippen LogP contribution in [-0.4, -0.2) is 46.4 Å². The highest BCUT2D eigenvalue weighted by atomic mass is 32.1. The summed E-state index contributed by atoms with van der Waals surface area (Å²) in [6.45, 7) is 6.05. The lowest BCUT2D eigenvalue weighted by Crippen LogP contribution is -2.27. The molecule has 0 radical (unpaired) electrons. The molecule has 2 aromatic heterocycles. The van der Waals surface area contributed by atoms with Gasteiger partial charge in [-0.2, -0.15) is 5.10 Å². The van der Waals surface area contributed by atoms with E-state index in [0.717, 1.165) is 17.8 Å². The van der Waals surface area contributed by atoms with E-state index >= 15 is 0 Å². The number of hydrazone groups is 1. The highest BCUT2D eigenvalue weighted by Crippen LogP contribution is 2.38. The lowest BCUT2D eigenvalue weighted by atomic mass is 9.96. The molecule has 36 heavy (non-hydrogen) atoms. The Morgan fingerprint density at radius 3 is 2.75 bits per heavy atom. The van der Waals surface area contributed by atoms with Gasteiger partial charge in [-0.15, -0.1) is 11.3 Å². The maximum absolute atomic E-state index is 14.9. The number of nitrogens with one attached hydrogen (secondary N) is 1. The molecule has 10 heteroatoms. The molecular formula is C26H30FN5O3S. The summed E-state index contributed by atoms with van der Waals surface area (Å²) < 4.78 is 20.7. The molecule has 0 spiro atoms. The summed E-state index contributed by atoms with van der Waals surface area (Å²) in [6.07, 6.45) is 0.878. The standard InChI is InChI=1S/C26H30FN5O3S/c1-15-10-18(32(4)31-15)14-35-13-17-6-5-7-23(29-17)30-25-20(24(28)33)12-22(36-25)19-9-8-16(11-21(19)27)26(2,3)34/h5-9,11-12,18,34H,10,13-14H2,1-4H3,(H2,28,33)(H,29,30). The van der Waals surface area contributed by atoms with E-state index in [1.807, 2.05) is 31.1 Å². The number of carbonyl (C=O) groups excluding carboxylic acids is 1. The molecule has 3 heterocycles. The largest absolute Gasteiger partial charge is 0.386 e. The molecule has 3 aromatic rings. The molecule has 0 aliphatic carbocycles. The van der Waals surface area contributed by atoms with Gasteiger partial charge in [-0.1, -0.05) is 18.2 Å². The number of carbonyl (C=O) groups is 1. The van der Waals surface area contributed by atoms with Crippen LogP contribution < -0.4 is 11.1 Å². The Kier molecular flexibility index (Phi) is 7.39. The van der Waals surface area contributed by atoms with Gasteiger partial charge in [-0.05, 0) is 50.6 Å². The Morgan fingerprint density at radius 2 is 2.11 bits per heavy atom. The first-order valence-electron chi connectivity index (χ1n) is 11.6. The van der Waals surface area contributed by atoms with E-state index in [9.17, 15) is 14.3 Å². The van der Waals surface area contributed by atoms with Crippen molar-refractivity contribution in [2.45, 2.75) is 45.4 Å². The Bertz CT molecular complexity index is 1300. The number of pyridine rings is 1.